The van der Waals surface area contributed by atoms with E-state index in [1.165, 1.54) is 12.8 Å². The van der Waals surface area contributed by atoms with Gasteiger partial charge in [0.05, 0.1) is 0 Å². The fourth-order valence-corrected chi connectivity index (χ4v) is 1.78. The Kier molecular flexibility index (Phi) is 18.5. The van der Waals surface area contributed by atoms with Gasteiger partial charge < -0.3 is 5.32 Å². The van der Waals surface area contributed by atoms with E-state index in [-0.39, 0.29) is 7.33 Å². The summed E-state index contributed by atoms with van der Waals surface area (Å²) >= 11 is 0. The average molecular weight is 273 g/mol. The number of Topliss-reactive ketones (excluding diaryl/α,β-unsaturated/α-hetero) is 1. The number of carbonyl (C=O) groups is 2. The first-order chi connectivity index (χ1) is 9.20. The van der Waals surface area contributed by atoms with Gasteiger partial charge in [0, 0.05) is 27.2 Å². The predicted molar refractivity (Wildman–Crippen MR) is 84.4 cm³/mol. The van der Waals surface area contributed by atoms with Crippen molar-refractivity contribution >= 4 is 11.7 Å². The maximum absolute atomic E-state index is 11.1. The van der Waals surface area contributed by atoms with Crippen molar-refractivity contribution in [3.05, 3.63) is 0 Å². The number of hydrogen-bond acceptors (Lipinski definition) is 2. The van der Waals surface area contributed by atoms with E-state index in [4.69, 9.17) is 0 Å². The Labute approximate surface area is 121 Å². The highest BCUT2D eigenvalue weighted by Crippen LogP contribution is 2.09. The summed E-state index contributed by atoms with van der Waals surface area (Å²) in [5, 5.41) is 2.80. The van der Waals surface area contributed by atoms with Crippen molar-refractivity contribution in [1.29, 1.82) is 0 Å². The van der Waals surface area contributed by atoms with Gasteiger partial charge in [0.2, 0.25) is 5.91 Å². The van der Waals surface area contributed by atoms with Crippen LogP contribution in [-0.4, -0.2) is 18.2 Å². The van der Waals surface area contributed by atoms with Gasteiger partial charge in [-0.05, 0) is 19.8 Å². The van der Waals surface area contributed by atoms with Gasteiger partial charge in [-0.3, -0.25) is 9.59 Å². The fraction of sp³-hybridized carbons (Fsp3) is 0.875. The summed E-state index contributed by atoms with van der Waals surface area (Å²) in [6, 6.07) is 0. The number of carbonyl (C=O) groups excluding carboxylic acids is 2. The van der Waals surface area contributed by atoms with E-state index >= 15 is 0 Å². The van der Waals surface area contributed by atoms with Gasteiger partial charge in [-0.2, -0.15) is 0 Å². The first kappa shape index (κ1) is 20.5. The maximum atomic E-state index is 11.1. The summed E-state index contributed by atoms with van der Waals surface area (Å²) in [4.78, 5) is 22.2. The molecule has 0 aromatic carbocycles. The van der Waals surface area contributed by atoms with E-state index < -0.39 is 0 Å². The topological polar surface area (TPSA) is 46.2 Å². The van der Waals surface area contributed by atoms with Crippen LogP contribution in [0.1, 0.15) is 86.9 Å². The van der Waals surface area contributed by atoms with Crippen LogP contribution in [0.5, 0.6) is 0 Å². The molecule has 0 saturated heterocycles. The lowest BCUT2D eigenvalue weighted by atomic mass is 10.1. The van der Waals surface area contributed by atoms with Crippen LogP contribution in [0.3, 0.4) is 0 Å². The van der Waals surface area contributed by atoms with E-state index in [9.17, 15) is 9.59 Å². The van der Waals surface area contributed by atoms with Crippen molar-refractivity contribution in [2.24, 2.45) is 0 Å². The second-order valence-corrected chi connectivity index (χ2v) is 4.47. The van der Waals surface area contributed by atoms with E-state index in [0.717, 1.165) is 38.6 Å². The highest BCUT2D eigenvalue weighted by atomic mass is 16.1. The number of unbranched alkanes of at least 4 members (excludes halogenated alkanes) is 5. The molecule has 0 fully saturated rings. The second kappa shape index (κ2) is 17.1. The molecular formula is C16H35NO2. The third kappa shape index (κ3) is 17.1. The van der Waals surface area contributed by atoms with E-state index in [1.54, 1.807) is 0 Å². The van der Waals surface area contributed by atoms with E-state index in [1.807, 2.05) is 27.7 Å². The molecule has 1 amide bonds. The van der Waals surface area contributed by atoms with Gasteiger partial charge in [-0.1, -0.05) is 46.5 Å². The Morgan fingerprint density at radius 3 is 1.79 bits per heavy atom. The molecular weight excluding hydrogens is 238 g/mol. The minimum atomic E-state index is 0. The number of ketones is 1. The molecule has 0 saturated carbocycles. The largest absolute Gasteiger partial charge is 0.356 e. The van der Waals surface area contributed by atoms with Crippen LogP contribution in [-0.2, 0) is 9.59 Å². The summed E-state index contributed by atoms with van der Waals surface area (Å²) in [5.41, 5.74) is 0. The SMILES string of the molecule is CC.CCNC(=O)CCCCCCCCC(=O)CC.[HH]. The van der Waals surface area contributed by atoms with Crippen LogP contribution in [0.25, 0.3) is 0 Å². The summed E-state index contributed by atoms with van der Waals surface area (Å²) < 4.78 is 0. The van der Waals surface area contributed by atoms with Crippen LogP contribution in [0.4, 0.5) is 0 Å². The zero-order valence-corrected chi connectivity index (χ0v) is 13.4. The molecule has 3 heteroatoms. The van der Waals surface area contributed by atoms with Gasteiger partial charge in [0.1, 0.15) is 5.78 Å². The Morgan fingerprint density at radius 2 is 1.32 bits per heavy atom. The molecule has 19 heavy (non-hydrogen) atoms. The molecule has 0 aliphatic carbocycles. The Bertz CT molecular complexity index is 221. The maximum Gasteiger partial charge on any atom is 0.219 e. The predicted octanol–water partition coefficient (Wildman–Crippen LogP) is 4.49. The number of hydrogen-bond donors (Lipinski definition) is 1. The quantitative estimate of drug-likeness (QED) is 0.564. The van der Waals surface area contributed by atoms with Crippen LogP contribution in [0, 0.1) is 0 Å². The first-order valence-corrected chi connectivity index (χ1v) is 7.99. The van der Waals surface area contributed by atoms with Gasteiger partial charge >= 0.3 is 0 Å². The van der Waals surface area contributed by atoms with Crippen LogP contribution in [0.2, 0.25) is 0 Å². The Morgan fingerprint density at radius 1 is 0.842 bits per heavy atom. The minimum absolute atomic E-state index is 0. The summed E-state index contributed by atoms with van der Waals surface area (Å²) in [6.07, 6.45) is 8.73. The van der Waals surface area contributed by atoms with Crippen molar-refractivity contribution < 1.29 is 11.0 Å². The monoisotopic (exact) mass is 273 g/mol. The van der Waals surface area contributed by atoms with Crippen molar-refractivity contribution in [2.75, 3.05) is 6.54 Å². The molecule has 0 aliphatic heterocycles. The molecule has 0 aliphatic rings. The molecule has 0 aromatic rings. The molecule has 0 bridgehead atoms. The second-order valence-electron chi connectivity index (χ2n) is 4.47. The van der Waals surface area contributed by atoms with Crippen molar-refractivity contribution in [3.8, 4) is 0 Å². The standard InChI is InChI=1S/C14H27NO2.C2H6.H2/c1-3-13(16)11-9-7-5-6-8-10-12-14(17)15-4-2;1-2;/h3-12H2,1-2H3,(H,15,17);1-2H3;1H. The van der Waals surface area contributed by atoms with Gasteiger partial charge in [-0.25, -0.2) is 0 Å². The van der Waals surface area contributed by atoms with Crippen LogP contribution >= 0.6 is 0 Å². The van der Waals surface area contributed by atoms with Crippen LogP contribution < -0.4 is 5.32 Å². The molecule has 0 heterocycles. The highest BCUT2D eigenvalue weighted by Gasteiger charge is 2.00. The lowest BCUT2D eigenvalue weighted by Gasteiger charge is -2.02. The summed E-state index contributed by atoms with van der Waals surface area (Å²) in [7, 11) is 0. The van der Waals surface area contributed by atoms with Crippen molar-refractivity contribution in [3.63, 3.8) is 0 Å². The molecule has 0 rings (SSSR count). The van der Waals surface area contributed by atoms with E-state index in [0.29, 0.717) is 18.6 Å². The molecule has 0 radical (unpaired) electrons. The molecule has 0 unspecified atom stereocenters. The number of nitrogens with one attached hydrogen (secondary N) is 1. The molecule has 1 N–H and O–H groups in total. The smallest absolute Gasteiger partial charge is 0.219 e. The molecule has 116 valence electrons. The average Bonchev–Trinajstić information content (AvgIpc) is 2.44. The lowest BCUT2D eigenvalue weighted by molar-refractivity contribution is -0.121. The first-order valence-electron chi connectivity index (χ1n) is 7.99. The van der Waals surface area contributed by atoms with Gasteiger partial charge in [-0.15, -0.1) is 0 Å². The Balaban J connectivity index is -0.000000916. The highest BCUT2D eigenvalue weighted by molar-refractivity contribution is 5.77. The molecule has 0 aromatic heterocycles. The summed E-state index contributed by atoms with van der Waals surface area (Å²) in [5.74, 6) is 0.544. The zero-order chi connectivity index (χ0) is 14.9. The lowest BCUT2D eigenvalue weighted by Crippen LogP contribution is -2.21. The fourth-order valence-electron chi connectivity index (χ4n) is 1.78. The van der Waals surface area contributed by atoms with Crippen molar-refractivity contribution in [1.82, 2.24) is 5.32 Å². The third-order valence-corrected chi connectivity index (χ3v) is 2.88. The number of rotatable bonds is 11. The minimum Gasteiger partial charge on any atom is -0.356 e. The van der Waals surface area contributed by atoms with Gasteiger partial charge in [0.25, 0.3) is 0 Å². The normalized spacial score (nSPS) is 9.47. The third-order valence-electron chi connectivity index (χ3n) is 2.88. The molecule has 0 spiro atoms. The molecule has 3 nitrogen and oxygen atoms in total. The van der Waals surface area contributed by atoms with Crippen LogP contribution in [0.15, 0.2) is 0 Å². The van der Waals surface area contributed by atoms with Crippen molar-refractivity contribution in [2.45, 2.75) is 85.5 Å². The zero-order valence-electron chi connectivity index (χ0n) is 13.4. The van der Waals surface area contributed by atoms with E-state index in [2.05, 4.69) is 5.32 Å². The molecule has 0 atom stereocenters. The Hall–Kier alpha value is -0.860. The van der Waals surface area contributed by atoms with Gasteiger partial charge in [0.15, 0.2) is 0 Å². The summed E-state index contributed by atoms with van der Waals surface area (Å²) in [6.45, 7) is 8.59. The number of amides is 1.